The molecule has 0 radical (unpaired) electrons. The quantitative estimate of drug-likeness (QED) is 0.581. The largest absolute Gasteiger partial charge is 0.388 e. The summed E-state index contributed by atoms with van der Waals surface area (Å²) in [6.07, 6.45) is 4.67. The Labute approximate surface area is 161 Å². The Bertz CT molecular complexity index is 857. The third-order valence-corrected chi connectivity index (χ3v) is 5.47. The van der Waals surface area contributed by atoms with Crippen LogP contribution in [-0.4, -0.2) is 25.2 Å². The predicted octanol–water partition coefficient (Wildman–Crippen LogP) is 5.13. The van der Waals surface area contributed by atoms with Crippen LogP contribution in [0.2, 0.25) is 0 Å². The van der Waals surface area contributed by atoms with E-state index in [4.69, 9.17) is 0 Å². The van der Waals surface area contributed by atoms with Crippen molar-refractivity contribution in [3.05, 3.63) is 58.7 Å². The summed E-state index contributed by atoms with van der Waals surface area (Å²) >= 11 is 0. The Morgan fingerprint density at radius 3 is 2.04 bits per heavy atom. The molecule has 1 aliphatic carbocycles. The summed E-state index contributed by atoms with van der Waals surface area (Å²) in [7, 11) is 1.78. The number of ketones is 2. The highest BCUT2D eigenvalue weighted by atomic mass is 16.1. The predicted molar refractivity (Wildman–Crippen MR) is 111 cm³/mol. The molecule has 1 aliphatic rings. The number of rotatable bonds is 8. The van der Waals surface area contributed by atoms with E-state index in [9.17, 15) is 9.59 Å². The normalized spacial score (nSPS) is 13.7. The molecule has 4 nitrogen and oxygen atoms in total. The fourth-order valence-electron chi connectivity index (χ4n) is 3.78. The molecule has 3 rings (SSSR count). The molecule has 1 atom stereocenters. The van der Waals surface area contributed by atoms with Crippen LogP contribution in [0.15, 0.2) is 36.4 Å². The van der Waals surface area contributed by atoms with Gasteiger partial charge in [0.05, 0.1) is 11.1 Å². The van der Waals surface area contributed by atoms with Crippen molar-refractivity contribution in [3.8, 4) is 0 Å². The van der Waals surface area contributed by atoms with E-state index in [-0.39, 0.29) is 11.6 Å². The molecule has 4 heteroatoms. The van der Waals surface area contributed by atoms with Gasteiger partial charge in [0.15, 0.2) is 11.6 Å². The minimum absolute atomic E-state index is 0.0820. The second-order valence-corrected chi connectivity index (χ2v) is 7.16. The summed E-state index contributed by atoms with van der Waals surface area (Å²) in [6.45, 7) is 5.21. The highest BCUT2D eigenvalue weighted by molar-refractivity contribution is 6.31. The Morgan fingerprint density at radius 2 is 1.48 bits per heavy atom. The van der Waals surface area contributed by atoms with Crippen molar-refractivity contribution < 1.29 is 9.59 Å². The van der Waals surface area contributed by atoms with E-state index in [0.717, 1.165) is 18.7 Å². The molecule has 0 heterocycles. The number of hydrogen-bond donors (Lipinski definition) is 2. The number of carbonyl (C=O) groups is 2. The molecule has 0 spiro atoms. The van der Waals surface area contributed by atoms with E-state index in [1.807, 2.05) is 18.2 Å². The zero-order valence-corrected chi connectivity index (χ0v) is 16.4. The van der Waals surface area contributed by atoms with Crippen LogP contribution in [0.1, 0.15) is 71.4 Å². The van der Waals surface area contributed by atoms with E-state index in [1.54, 1.807) is 25.2 Å². The zero-order valence-electron chi connectivity index (χ0n) is 16.4. The van der Waals surface area contributed by atoms with Gasteiger partial charge in [-0.3, -0.25) is 9.59 Å². The van der Waals surface area contributed by atoms with Crippen LogP contribution in [0, 0.1) is 5.92 Å². The Balaban J connectivity index is 1.99. The molecule has 2 N–H and O–H groups in total. The van der Waals surface area contributed by atoms with Gasteiger partial charge in [0.2, 0.25) is 0 Å². The first-order valence-corrected chi connectivity index (χ1v) is 9.89. The molecular formula is C23H28N2O2. The van der Waals surface area contributed by atoms with Crippen molar-refractivity contribution >= 4 is 22.9 Å². The van der Waals surface area contributed by atoms with Crippen molar-refractivity contribution in [1.82, 2.24) is 0 Å². The van der Waals surface area contributed by atoms with E-state index in [2.05, 4.69) is 24.5 Å². The lowest BCUT2D eigenvalue weighted by Gasteiger charge is -2.24. The first kappa shape index (κ1) is 19.2. The van der Waals surface area contributed by atoms with Crippen LogP contribution in [0.5, 0.6) is 0 Å². The summed E-state index contributed by atoms with van der Waals surface area (Å²) < 4.78 is 0. The number of nitrogens with one attached hydrogen (secondary N) is 2. The number of unbranched alkanes of at least 4 members (excludes halogenated alkanes) is 1. The van der Waals surface area contributed by atoms with Gasteiger partial charge in [0.1, 0.15) is 0 Å². The van der Waals surface area contributed by atoms with E-state index in [0.29, 0.717) is 33.9 Å². The van der Waals surface area contributed by atoms with Gasteiger partial charge in [-0.05, 0) is 24.5 Å². The fourth-order valence-corrected chi connectivity index (χ4v) is 3.78. The first-order valence-electron chi connectivity index (χ1n) is 9.89. The summed E-state index contributed by atoms with van der Waals surface area (Å²) in [6, 6.07) is 10.9. The summed E-state index contributed by atoms with van der Waals surface area (Å²) in [5.74, 6) is 0.388. The molecule has 0 unspecified atom stereocenters. The molecular weight excluding hydrogens is 336 g/mol. The lowest BCUT2D eigenvalue weighted by Crippen LogP contribution is -2.25. The van der Waals surface area contributed by atoms with Gasteiger partial charge in [-0.25, -0.2) is 0 Å². The van der Waals surface area contributed by atoms with Crippen molar-refractivity contribution in [2.75, 3.05) is 24.2 Å². The van der Waals surface area contributed by atoms with Gasteiger partial charge in [0, 0.05) is 36.1 Å². The smallest absolute Gasteiger partial charge is 0.196 e. The number of fused-ring (bicyclic) bond motifs is 2. The number of hydrogen-bond acceptors (Lipinski definition) is 4. The fraction of sp³-hybridized carbons (Fsp3) is 0.391. The molecule has 0 saturated heterocycles. The SMILES string of the molecule is CCCC[C@H](CC)CNc1ccc(NC)c2c1C(=O)c1ccccc1C2=O. The van der Waals surface area contributed by atoms with Gasteiger partial charge < -0.3 is 10.6 Å². The lowest BCUT2D eigenvalue weighted by atomic mass is 9.82. The van der Waals surface area contributed by atoms with E-state index >= 15 is 0 Å². The maximum Gasteiger partial charge on any atom is 0.196 e. The van der Waals surface area contributed by atoms with Gasteiger partial charge in [0.25, 0.3) is 0 Å². The first-order chi connectivity index (χ1) is 13.1. The van der Waals surface area contributed by atoms with Crippen LogP contribution in [-0.2, 0) is 0 Å². The topological polar surface area (TPSA) is 58.2 Å². The van der Waals surface area contributed by atoms with Crippen LogP contribution >= 0.6 is 0 Å². The van der Waals surface area contributed by atoms with Crippen LogP contribution in [0.25, 0.3) is 0 Å². The molecule has 2 aromatic rings. The van der Waals surface area contributed by atoms with Gasteiger partial charge in [-0.2, -0.15) is 0 Å². The van der Waals surface area contributed by atoms with Crippen LogP contribution in [0.4, 0.5) is 11.4 Å². The maximum absolute atomic E-state index is 13.2. The third kappa shape index (κ3) is 3.61. The standard InChI is InChI=1S/C23H28N2O2/c1-4-6-9-15(5-2)14-25-19-13-12-18(24-3)20-21(19)23(27)17-11-8-7-10-16(17)22(20)26/h7-8,10-13,15,24-25H,4-6,9,14H2,1-3H3/t15-/m0/s1. The van der Waals surface area contributed by atoms with E-state index < -0.39 is 0 Å². The monoisotopic (exact) mass is 364 g/mol. The molecule has 142 valence electrons. The molecule has 0 aliphatic heterocycles. The highest BCUT2D eigenvalue weighted by Crippen LogP contribution is 2.36. The van der Waals surface area contributed by atoms with Crippen LogP contribution in [0.3, 0.4) is 0 Å². The van der Waals surface area contributed by atoms with Gasteiger partial charge >= 0.3 is 0 Å². The highest BCUT2D eigenvalue weighted by Gasteiger charge is 2.33. The molecule has 0 bridgehead atoms. The van der Waals surface area contributed by atoms with Crippen molar-refractivity contribution in [1.29, 1.82) is 0 Å². The summed E-state index contributed by atoms with van der Waals surface area (Å²) in [5, 5.41) is 6.53. The number of anilines is 2. The minimum Gasteiger partial charge on any atom is -0.388 e. The van der Waals surface area contributed by atoms with E-state index in [1.165, 1.54) is 19.3 Å². The van der Waals surface area contributed by atoms with Crippen LogP contribution < -0.4 is 10.6 Å². The molecule has 0 aromatic heterocycles. The van der Waals surface area contributed by atoms with Crippen molar-refractivity contribution in [3.63, 3.8) is 0 Å². The Hall–Kier alpha value is -2.62. The average molecular weight is 364 g/mol. The Morgan fingerprint density at radius 1 is 0.889 bits per heavy atom. The maximum atomic E-state index is 13.2. The zero-order chi connectivity index (χ0) is 19.4. The minimum atomic E-state index is -0.0915. The summed E-state index contributed by atoms with van der Waals surface area (Å²) in [5.41, 5.74) is 3.40. The van der Waals surface area contributed by atoms with Gasteiger partial charge in [-0.1, -0.05) is 57.4 Å². The van der Waals surface area contributed by atoms with Crippen molar-refractivity contribution in [2.24, 2.45) is 5.92 Å². The Kier molecular flexibility index (Phi) is 5.94. The van der Waals surface area contributed by atoms with Gasteiger partial charge in [-0.15, -0.1) is 0 Å². The molecule has 2 aromatic carbocycles. The average Bonchev–Trinajstić information content (AvgIpc) is 2.71. The number of carbonyl (C=O) groups excluding carboxylic acids is 2. The third-order valence-electron chi connectivity index (χ3n) is 5.47. The summed E-state index contributed by atoms with van der Waals surface area (Å²) in [4.78, 5) is 26.3. The molecule has 27 heavy (non-hydrogen) atoms. The number of benzene rings is 2. The molecule has 0 amide bonds. The molecule has 0 saturated carbocycles. The lowest BCUT2D eigenvalue weighted by molar-refractivity contribution is 0.0980. The van der Waals surface area contributed by atoms with Crippen molar-refractivity contribution in [2.45, 2.75) is 39.5 Å². The second kappa shape index (κ2) is 8.38. The second-order valence-electron chi connectivity index (χ2n) is 7.16. The molecule has 0 fully saturated rings.